The van der Waals surface area contributed by atoms with E-state index in [0.717, 1.165) is 22.7 Å². The van der Waals surface area contributed by atoms with Gasteiger partial charge >= 0.3 is 5.97 Å². The molecule has 0 aromatic carbocycles. The van der Waals surface area contributed by atoms with E-state index in [4.69, 9.17) is 5.11 Å². The van der Waals surface area contributed by atoms with Crippen LogP contribution < -0.4 is 0 Å². The van der Waals surface area contributed by atoms with Crippen LogP contribution in [0.1, 0.15) is 20.8 Å². The first-order valence-corrected chi connectivity index (χ1v) is 7.00. The Kier molecular flexibility index (Phi) is 3.80. The summed E-state index contributed by atoms with van der Waals surface area (Å²) in [5.41, 5.74) is 1.90. The molecule has 0 atom stereocenters. The predicted octanol–water partition coefficient (Wildman–Crippen LogP) is 2.65. The molecule has 2 rings (SSSR count). The second kappa shape index (κ2) is 5.21. The molecule has 0 unspecified atom stereocenters. The van der Waals surface area contributed by atoms with Gasteiger partial charge in [-0.2, -0.15) is 0 Å². The van der Waals surface area contributed by atoms with E-state index in [9.17, 15) is 4.79 Å². The molecule has 0 radical (unpaired) electrons. The minimum absolute atomic E-state index is 0.0148. The van der Waals surface area contributed by atoms with E-state index in [1.54, 1.807) is 12.4 Å². The van der Waals surface area contributed by atoms with Crippen molar-refractivity contribution in [2.24, 2.45) is 5.41 Å². The van der Waals surface area contributed by atoms with Crippen molar-refractivity contribution < 1.29 is 9.90 Å². The Labute approximate surface area is 116 Å². The maximum Gasteiger partial charge on any atom is 0.313 e. The number of nitrogens with zero attached hydrogens (tertiary/aromatic N) is 3. The summed E-state index contributed by atoms with van der Waals surface area (Å²) in [6, 6.07) is 1.92. The Hall–Kier alpha value is -1.56. The van der Waals surface area contributed by atoms with E-state index in [1.165, 1.54) is 11.8 Å². The summed E-state index contributed by atoms with van der Waals surface area (Å²) in [6.45, 7) is 7.22. The first-order valence-electron chi connectivity index (χ1n) is 6.02. The van der Waals surface area contributed by atoms with Gasteiger partial charge in [0.05, 0.1) is 17.5 Å². The summed E-state index contributed by atoms with van der Waals surface area (Å²) in [7, 11) is 0. The number of pyridine rings is 1. The van der Waals surface area contributed by atoms with E-state index in [2.05, 4.69) is 35.3 Å². The number of thioether (sulfide) groups is 1. The molecular formula is C13H17N3O2S. The van der Waals surface area contributed by atoms with Crippen molar-refractivity contribution in [1.82, 2.24) is 14.5 Å². The largest absolute Gasteiger partial charge is 0.481 e. The predicted molar refractivity (Wildman–Crippen MR) is 75.3 cm³/mol. The highest BCUT2D eigenvalue weighted by atomic mass is 32.2. The molecule has 0 fully saturated rings. The number of carbonyl (C=O) groups is 1. The molecule has 0 saturated carbocycles. The van der Waals surface area contributed by atoms with E-state index in [-0.39, 0.29) is 11.2 Å². The number of carboxylic acids is 1. The molecule has 0 aliphatic rings. The maximum absolute atomic E-state index is 10.7. The summed E-state index contributed by atoms with van der Waals surface area (Å²) in [6.07, 6.45) is 3.44. The first kappa shape index (κ1) is 13.9. The van der Waals surface area contributed by atoms with Gasteiger partial charge in [-0.05, 0) is 11.5 Å². The maximum atomic E-state index is 10.7. The first-order chi connectivity index (χ1) is 8.87. The summed E-state index contributed by atoms with van der Waals surface area (Å²) in [5.74, 6) is -0.821. The fourth-order valence-corrected chi connectivity index (χ4v) is 2.56. The average molecular weight is 279 g/mol. The zero-order valence-electron chi connectivity index (χ0n) is 11.3. The fourth-order valence-electron chi connectivity index (χ4n) is 1.82. The van der Waals surface area contributed by atoms with E-state index in [0.29, 0.717) is 0 Å². The number of carboxylic acid groups (broad SMARTS) is 1. The molecule has 2 heterocycles. The molecule has 2 aromatic heterocycles. The SMILES string of the molecule is CC(C)(C)Cn1c(SCC(=O)O)nc2cnccc21. The van der Waals surface area contributed by atoms with Crippen molar-refractivity contribution in [3.63, 3.8) is 0 Å². The second-order valence-electron chi connectivity index (χ2n) is 5.59. The van der Waals surface area contributed by atoms with Crippen LogP contribution in [-0.2, 0) is 11.3 Å². The standard InChI is InChI=1S/C13H17N3O2S/c1-13(2,3)8-16-10-4-5-14-6-9(10)15-12(16)19-7-11(17)18/h4-6H,7-8H2,1-3H3,(H,17,18). The van der Waals surface area contributed by atoms with Crippen LogP contribution in [0.4, 0.5) is 0 Å². The van der Waals surface area contributed by atoms with E-state index >= 15 is 0 Å². The fraction of sp³-hybridized carbons (Fsp3) is 0.462. The second-order valence-corrected chi connectivity index (χ2v) is 6.53. The topological polar surface area (TPSA) is 68.0 Å². The van der Waals surface area contributed by atoms with Crippen LogP contribution >= 0.6 is 11.8 Å². The number of imidazole rings is 1. The molecule has 0 aliphatic carbocycles. The minimum Gasteiger partial charge on any atom is -0.481 e. The monoisotopic (exact) mass is 279 g/mol. The lowest BCUT2D eigenvalue weighted by Crippen LogP contribution is -2.16. The highest BCUT2D eigenvalue weighted by Gasteiger charge is 2.18. The minimum atomic E-state index is -0.836. The van der Waals surface area contributed by atoms with Gasteiger partial charge in [-0.1, -0.05) is 32.5 Å². The summed E-state index contributed by atoms with van der Waals surface area (Å²) in [5, 5.41) is 9.54. The summed E-state index contributed by atoms with van der Waals surface area (Å²) < 4.78 is 2.07. The van der Waals surface area contributed by atoms with Gasteiger partial charge in [0, 0.05) is 12.7 Å². The Morgan fingerprint density at radius 2 is 2.21 bits per heavy atom. The Morgan fingerprint density at radius 1 is 1.47 bits per heavy atom. The normalized spacial score (nSPS) is 11.9. The average Bonchev–Trinajstić information content (AvgIpc) is 2.63. The van der Waals surface area contributed by atoms with Crippen LogP contribution in [0, 0.1) is 5.41 Å². The molecule has 2 aromatic rings. The molecule has 6 heteroatoms. The molecular weight excluding hydrogens is 262 g/mol. The molecule has 0 saturated heterocycles. The third kappa shape index (κ3) is 3.47. The van der Waals surface area contributed by atoms with Gasteiger partial charge in [0.15, 0.2) is 5.16 Å². The highest BCUT2D eigenvalue weighted by molar-refractivity contribution is 7.99. The molecule has 0 amide bonds. The molecule has 102 valence electrons. The Bertz CT molecular complexity index is 601. The Morgan fingerprint density at radius 3 is 2.84 bits per heavy atom. The molecule has 0 bridgehead atoms. The van der Waals surface area contributed by atoms with E-state index in [1.807, 2.05) is 6.07 Å². The molecule has 0 aliphatic heterocycles. The third-order valence-corrected chi connectivity index (χ3v) is 3.43. The smallest absolute Gasteiger partial charge is 0.313 e. The van der Waals surface area contributed by atoms with Gasteiger partial charge in [0.2, 0.25) is 0 Å². The third-order valence-electron chi connectivity index (χ3n) is 2.47. The van der Waals surface area contributed by atoms with Crippen LogP contribution in [0.25, 0.3) is 11.0 Å². The molecule has 0 spiro atoms. The number of aromatic nitrogens is 3. The van der Waals surface area contributed by atoms with Gasteiger partial charge in [0.1, 0.15) is 5.52 Å². The van der Waals surface area contributed by atoms with Crippen molar-refractivity contribution in [2.75, 3.05) is 5.75 Å². The molecule has 1 N–H and O–H groups in total. The van der Waals surface area contributed by atoms with Crippen molar-refractivity contribution in [1.29, 1.82) is 0 Å². The number of aliphatic carboxylic acids is 1. The molecule has 5 nitrogen and oxygen atoms in total. The van der Waals surface area contributed by atoms with Crippen molar-refractivity contribution in [3.8, 4) is 0 Å². The highest BCUT2D eigenvalue weighted by Crippen LogP contribution is 2.27. The summed E-state index contributed by atoms with van der Waals surface area (Å²) in [4.78, 5) is 19.2. The van der Waals surface area contributed by atoms with Crippen LogP contribution in [0.3, 0.4) is 0 Å². The number of fused-ring (bicyclic) bond motifs is 1. The van der Waals surface area contributed by atoms with Gasteiger partial charge in [-0.25, -0.2) is 4.98 Å². The number of hydrogen-bond acceptors (Lipinski definition) is 4. The van der Waals surface area contributed by atoms with Crippen LogP contribution in [-0.4, -0.2) is 31.4 Å². The van der Waals surface area contributed by atoms with Gasteiger partial charge < -0.3 is 9.67 Å². The zero-order valence-corrected chi connectivity index (χ0v) is 12.1. The Balaban J connectivity index is 2.42. The van der Waals surface area contributed by atoms with Crippen LogP contribution in [0.5, 0.6) is 0 Å². The van der Waals surface area contributed by atoms with Crippen LogP contribution in [0.15, 0.2) is 23.6 Å². The van der Waals surface area contributed by atoms with Gasteiger partial charge in [-0.15, -0.1) is 0 Å². The van der Waals surface area contributed by atoms with Crippen molar-refractivity contribution >= 4 is 28.8 Å². The lowest BCUT2D eigenvalue weighted by Gasteiger charge is -2.20. The van der Waals surface area contributed by atoms with Gasteiger partial charge in [-0.3, -0.25) is 9.78 Å². The quantitative estimate of drug-likeness (QED) is 0.871. The molecule has 19 heavy (non-hydrogen) atoms. The number of rotatable bonds is 4. The van der Waals surface area contributed by atoms with E-state index < -0.39 is 5.97 Å². The summed E-state index contributed by atoms with van der Waals surface area (Å²) >= 11 is 1.25. The zero-order chi connectivity index (χ0) is 14.0. The van der Waals surface area contributed by atoms with Crippen molar-refractivity contribution in [2.45, 2.75) is 32.5 Å². The number of hydrogen-bond donors (Lipinski definition) is 1. The van der Waals surface area contributed by atoms with Gasteiger partial charge in [0.25, 0.3) is 0 Å². The van der Waals surface area contributed by atoms with Crippen molar-refractivity contribution in [3.05, 3.63) is 18.5 Å². The van der Waals surface area contributed by atoms with Crippen LogP contribution in [0.2, 0.25) is 0 Å². The lowest BCUT2D eigenvalue weighted by molar-refractivity contribution is -0.133. The lowest BCUT2D eigenvalue weighted by atomic mass is 9.97.